The zero-order valence-electron chi connectivity index (χ0n) is 10.2. The first-order chi connectivity index (χ1) is 9.04. The molecule has 0 fully saturated rings. The van der Waals surface area contributed by atoms with Crippen LogP contribution in [0.3, 0.4) is 0 Å². The maximum atomic E-state index is 13.9. The maximum absolute atomic E-state index is 13.9. The lowest BCUT2D eigenvalue weighted by Gasteiger charge is -2.18. The summed E-state index contributed by atoms with van der Waals surface area (Å²) in [6, 6.07) is 9.21. The van der Waals surface area contributed by atoms with Crippen molar-refractivity contribution in [1.82, 2.24) is 0 Å². The Morgan fingerprint density at radius 3 is 2.68 bits per heavy atom. The smallest absolute Gasteiger partial charge is 0.129 e. The van der Waals surface area contributed by atoms with Gasteiger partial charge in [0, 0.05) is 20.6 Å². The van der Waals surface area contributed by atoms with Crippen molar-refractivity contribution in [3.63, 3.8) is 0 Å². The molecule has 0 amide bonds. The Balaban J connectivity index is 2.55. The van der Waals surface area contributed by atoms with Crippen LogP contribution < -0.4 is 10.5 Å². The molecule has 0 saturated carbocycles. The molecule has 5 heteroatoms. The second-order valence-electron chi connectivity index (χ2n) is 4.00. The van der Waals surface area contributed by atoms with Gasteiger partial charge < -0.3 is 10.5 Å². The van der Waals surface area contributed by atoms with Crippen molar-refractivity contribution < 1.29 is 9.13 Å². The van der Waals surface area contributed by atoms with Crippen molar-refractivity contribution in [3.05, 3.63) is 62.8 Å². The highest BCUT2D eigenvalue weighted by Gasteiger charge is 2.20. The molecule has 0 aliphatic rings. The van der Waals surface area contributed by atoms with Gasteiger partial charge in [-0.1, -0.05) is 33.6 Å². The molecule has 2 nitrogen and oxygen atoms in total. The van der Waals surface area contributed by atoms with E-state index in [0.717, 1.165) is 4.47 Å². The van der Waals surface area contributed by atoms with Gasteiger partial charge in [0.15, 0.2) is 0 Å². The Morgan fingerprint density at radius 2 is 2.05 bits per heavy atom. The van der Waals surface area contributed by atoms with Gasteiger partial charge in [-0.2, -0.15) is 0 Å². The normalized spacial score (nSPS) is 12.3. The molecular formula is C14H12BrClFNO. The lowest BCUT2D eigenvalue weighted by molar-refractivity contribution is 0.407. The van der Waals surface area contributed by atoms with Crippen LogP contribution in [0.5, 0.6) is 5.75 Å². The van der Waals surface area contributed by atoms with Gasteiger partial charge in [0.25, 0.3) is 0 Å². The van der Waals surface area contributed by atoms with Gasteiger partial charge >= 0.3 is 0 Å². The molecule has 0 aliphatic carbocycles. The van der Waals surface area contributed by atoms with Crippen LogP contribution in [0.25, 0.3) is 0 Å². The van der Waals surface area contributed by atoms with Gasteiger partial charge in [-0.05, 0) is 30.3 Å². The van der Waals surface area contributed by atoms with E-state index in [9.17, 15) is 4.39 Å². The fourth-order valence-corrected chi connectivity index (χ4v) is 2.57. The van der Waals surface area contributed by atoms with E-state index in [4.69, 9.17) is 22.1 Å². The van der Waals surface area contributed by atoms with E-state index in [1.165, 1.54) is 6.07 Å². The van der Waals surface area contributed by atoms with Crippen LogP contribution in [0.4, 0.5) is 4.39 Å². The summed E-state index contributed by atoms with van der Waals surface area (Å²) in [5, 5.41) is 0.300. The molecule has 0 aliphatic heterocycles. The molecule has 1 atom stereocenters. The number of ether oxygens (including phenoxy) is 1. The molecule has 0 heterocycles. The molecular weight excluding hydrogens is 333 g/mol. The number of nitrogens with two attached hydrogens (primary N) is 1. The summed E-state index contributed by atoms with van der Waals surface area (Å²) in [5.41, 5.74) is 7.07. The van der Waals surface area contributed by atoms with Crippen molar-refractivity contribution in [2.75, 3.05) is 7.11 Å². The van der Waals surface area contributed by atoms with Crippen molar-refractivity contribution in [1.29, 1.82) is 0 Å². The number of rotatable bonds is 3. The quantitative estimate of drug-likeness (QED) is 0.901. The second kappa shape index (κ2) is 5.90. The van der Waals surface area contributed by atoms with Gasteiger partial charge in [0.1, 0.15) is 11.6 Å². The topological polar surface area (TPSA) is 35.2 Å². The molecule has 2 aromatic carbocycles. The Labute approximate surface area is 124 Å². The molecule has 0 radical (unpaired) electrons. The average molecular weight is 345 g/mol. The summed E-state index contributed by atoms with van der Waals surface area (Å²) in [6.45, 7) is 0. The second-order valence-corrected chi connectivity index (χ2v) is 5.32. The van der Waals surface area contributed by atoms with E-state index in [1.54, 1.807) is 31.4 Å². The summed E-state index contributed by atoms with van der Waals surface area (Å²) >= 11 is 9.40. The van der Waals surface area contributed by atoms with Gasteiger partial charge in [0.05, 0.1) is 13.2 Å². The van der Waals surface area contributed by atoms with Crippen LogP contribution in [0, 0.1) is 5.82 Å². The zero-order chi connectivity index (χ0) is 14.0. The average Bonchev–Trinajstić information content (AvgIpc) is 2.38. The van der Waals surface area contributed by atoms with Crippen molar-refractivity contribution in [3.8, 4) is 5.75 Å². The highest BCUT2D eigenvalue weighted by molar-refractivity contribution is 9.10. The lowest BCUT2D eigenvalue weighted by Crippen LogP contribution is -2.15. The SMILES string of the molecule is COc1ccc(Br)cc1C(N)c1c(F)cccc1Cl. The third-order valence-electron chi connectivity index (χ3n) is 2.84. The molecule has 0 bridgehead atoms. The fraction of sp³-hybridized carbons (Fsp3) is 0.143. The van der Waals surface area contributed by atoms with E-state index in [2.05, 4.69) is 15.9 Å². The molecule has 100 valence electrons. The standard InChI is InChI=1S/C14H12BrClFNO/c1-19-12-6-5-8(15)7-9(12)14(18)13-10(16)3-2-4-11(13)17/h2-7,14H,18H2,1H3. The van der Waals surface area contributed by atoms with Gasteiger partial charge in [0.2, 0.25) is 0 Å². The molecule has 1 unspecified atom stereocenters. The fourth-order valence-electron chi connectivity index (χ4n) is 1.91. The van der Waals surface area contributed by atoms with Crippen LogP contribution >= 0.6 is 27.5 Å². The number of methoxy groups -OCH3 is 1. The molecule has 2 rings (SSSR count). The Morgan fingerprint density at radius 1 is 1.32 bits per heavy atom. The zero-order valence-corrected chi connectivity index (χ0v) is 12.5. The van der Waals surface area contributed by atoms with Crippen LogP contribution in [-0.2, 0) is 0 Å². The number of benzene rings is 2. The first-order valence-electron chi connectivity index (χ1n) is 5.57. The largest absolute Gasteiger partial charge is 0.496 e. The number of hydrogen-bond donors (Lipinski definition) is 1. The predicted octanol–water partition coefficient (Wildman–Crippen LogP) is 4.30. The van der Waals surface area contributed by atoms with E-state index in [1.807, 2.05) is 6.07 Å². The van der Waals surface area contributed by atoms with E-state index in [0.29, 0.717) is 16.3 Å². The van der Waals surface area contributed by atoms with Crippen molar-refractivity contribution in [2.45, 2.75) is 6.04 Å². The number of halogens is 3. The Kier molecular flexibility index (Phi) is 4.45. The predicted molar refractivity (Wildman–Crippen MR) is 78.1 cm³/mol. The minimum absolute atomic E-state index is 0.264. The first-order valence-corrected chi connectivity index (χ1v) is 6.74. The molecule has 2 aromatic rings. The highest BCUT2D eigenvalue weighted by atomic mass is 79.9. The lowest BCUT2D eigenvalue weighted by atomic mass is 9.98. The van der Waals surface area contributed by atoms with Crippen molar-refractivity contribution in [2.24, 2.45) is 5.73 Å². The summed E-state index contributed by atoms with van der Waals surface area (Å²) < 4.78 is 20.0. The summed E-state index contributed by atoms with van der Waals surface area (Å²) in [5.74, 6) is 0.164. The molecule has 19 heavy (non-hydrogen) atoms. The van der Waals surface area contributed by atoms with E-state index in [-0.39, 0.29) is 5.56 Å². The molecule has 2 N–H and O–H groups in total. The van der Waals surface area contributed by atoms with Gasteiger partial charge in [-0.25, -0.2) is 4.39 Å². The van der Waals surface area contributed by atoms with E-state index < -0.39 is 11.9 Å². The minimum atomic E-state index is -0.693. The van der Waals surface area contributed by atoms with Crippen molar-refractivity contribution >= 4 is 27.5 Å². The third-order valence-corrected chi connectivity index (χ3v) is 3.66. The number of hydrogen-bond acceptors (Lipinski definition) is 2. The van der Waals surface area contributed by atoms with Gasteiger partial charge in [-0.3, -0.25) is 0 Å². The van der Waals surface area contributed by atoms with Crippen LogP contribution in [-0.4, -0.2) is 7.11 Å². The molecule has 0 spiro atoms. The first kappa shape index (κ1) is 14.3. The van der Waals surface area contributed by atoms with Gasteiger partial charge in [-0.15, -0.1) is 0 Å². The summed E-state index contributed by atoms with van der Waals surface area (Å²) in [7, 11) is 1.54. The van der Waals surface area contributed by atoms with Crippen LogP contribution in [0.15, 0.2) is 40.9 Å². The summed E-state index contributed by atoms with van der Waals surface area (Å²) in [4.78, 5) is 0. The monoisotopic (exact) mass is 343 g/mol. The highest BCUT2D eigenvalue weighted by Crippen LogP contribution is 2.34. The maximum Gasteiger partial charge on any atom is 0.129 e. The van der Waals surface area contributed by atoms with E-state index >= 15 is 0 Å². The minimum Gasteiger partial charge on any atom is -0.496 e. The molecule has 0 saturated heterocycles. The Bertz CT molecular complexity index is 586. The van der Waals surface area contributed by atoms with Crippen LogP contribution in [0.1, 0.15) is 17.2 Å². The Hall–Kier alpha value is -1.10. The summed E-state index contributed by atoms with van der Waals surface area (Å²) in [6.07, 6.45) is 0. The molecule has 0 aromatic heterocycles. The van der Waals surface area contributed by atoms with Crippen LogP contribution in [0.2, 0.25) is 5.02 Å². The third kappa shape index (κ3) is 2.91.